The van der Waals surface area contributed by atoms with Gasteiger partial charge in [0.15, 0.2) is 11.5 Å². The third-order valence-electron chi connectivity index (χ3n) is 2.66. The highest BCUT2D eigenvalue weighted by Gasteiger charge is 2.19. The standard InChI is InChI=1S/C11H15N5O3/c1-4-7-9(11(17)18)13-15-16(7)5-8-12-10(6(2)3)14-19-8/h6H,4-5H2,1-3H3,(H,17,18). The number of carboxylic acid groups (broad SMARTS) is 1. The Morgan fingerprint density at radius 2 is 2.21 bits per heavy atom. The van der Waals surface area contributed by atoms with Gasteiger partial charge in [-0.1, -0.05) is 31.1 Å². The number of carbonyl (C=O) groups is 1. The molecule has 0 atom stereocenters. The van der Waals surface area contributed by atoms with Crippen LogP contribution in [0.4, 0.5) is 0 Å². The summed E-state index contributed by atoms with van der Waals surface area (Å²) >= 11 is 0. The molecule has 8 nitrogen and oxygen atoms in total. The second-order valence-corrected chi connectivity index (χ2v) is 4.40. The number of hydrogen-bond donors (Lipinski definition) is 1. The van der Waals surface area contributed by atoms with Crippen LogP contribution >= 0.6 is 0 Å². The fourth-order valence-electron chi connectivity index (χ4n) is 1.67. The summed E-state index contributed by atoms with van der Waals surface area (Å²) in [4.78, 5) is 15.2. The highest BCUT2D eigenvalue weighted by Crippen LogP contribution is 2.12. The SMILES string of the molecule is CCc1c(C(=O)O)nnn1Cc1nc(C(C)C)no1. The minimum Gasteiger partial charge on any atom is -0.476 e. The molecule has 0 aliphatic carbocycles. The van der Waals surface area contributed by atoms with Crippen molar-refractivity contribution in [2.75, 3.05) is 0 Å². The van der Waals surface area contributed by atoms with Gasteiger partial charge in [0.2, 0.25) is 5.89 Å². The average Bonchev–Trinajstić information content (AvgIpc) is 2.95. The van der Waals surface area contributed by atoms with E-state index in [9.17, 15) is 4.79 Å². The predicted molar refractivity (Wildman–Crippen MR) is 63.8 cm³/mol. The van der Waals surface area contributed by atoms with E-state index in [1.165, 1.54) is 4.68 Å². The Balaban J connectivity index is 2.25. The molecule has 19 heavy (non-hydrogen) atoms. The van der Waals surface area contributed by atoms with E-state index in [-0.39, 0.29) is 18.2 Å². The Hall–Kier alpha value is -2.25. The first-order valence-electron chi connectivity index (χ1n) is 6.01. The lowest BCUT2D eigenvalue weighted by Crippen LogP contribution is -2.09. The maximum absolute atomic E-state index is 11.0. The van der Waals surface area contributed by atoms with Crippen molar-refractivity contribution in [3.05, 3.63) is 23.1 Å². The van der Waals surface area contributed by atoms with Gasteiger partial charge >= 0.3 is 5.97 Å². The van der Waals surface area contributed by atoms with Crippen molar-refractivity contribution < 1.29 is 14.4 Å². The van der Waals surface area contributed by atoms with E-state index < -0.39 is 5.97 Å². The molecule has 0 aliphatic rings. The van der Waals surface area contributed by atoms with Crippen LogP contribution in [0.1, 0.15) is 54.6 Å². The van der Waals surface area contributed by atoms with Crippen LogP contribution < -0.4 is 0 Å². The minimum absolute atomic E-state index is 0.0360. The van der Waals surface area contributed by atoms with E-state index in [1.807, 2.05) is 20.8 Å². The molecule has 0 spiro atoms. The lowest BCUT2D eigenvalue weighted by Gasteiger charge is -2.01. The van der Waals surface area contributed by atoms with E-state index in [0.717, 1.165) is 0 Å². The van der Waals surface area contributed by atoms with Gasteiger partial charge in [0, 0.05) is 5.92 Å². The smallest absolute Gasteiger partial charge is 0.358 e. The van der Waals surface area contributed by atoms with Crippen LogP contribution in [0.5, 0.6) is 0 Å². The van der Waals surface area contributed by atoms with Gasteiger partial charge in [0.25, 0.3) is 0 Å². The van der Waals surface area contributed by atoms with Crippen LogP contribution in [0.15, 0.2) is 4.52 Å². The first kappa shape index (κ1) is 13.2. The highest BCUT2D eigenvalue weighted by atomic mass is 16.5. The molecule has 2 rings (SSSR count). The summed E-state index contributed by atoms with van der Waals surface area (Å²) in [5.74, 6) is 0.0943. The van der Waals surface area contributed by atoms with Gasteiger partial charge in [-0.25, -0.2) is 9.48 Å². The molecule has 0 aliphatic heterocycles. The van der Waals surface area contributed by atoms with Crippen molar-refractivity contribution in [1.29, 1.82) is 0 Å². The third kappa shape index (κ3) is 2.61. The number of carboxylic acids is 1. The van der Waals surface area contributed by atoms with Crippen LogP contribution in [0.2, 0.25) is 0 Å². The Labute approximate surface area is 109 Å². The highest BCUT2D eigenvalue weighted by molar-refractivity contribution is 5.86. The molecule has 0 aromatic carbocycles. The van der Waals surface area contributed by atoms with Crippen molar-refractivity contribution in [3.63, 3.8) is 0 Å². The maximum atomic E-state index is 11.0. The van der Waals surface area contributed by atoms with Gasteiger partial charge in [-0.2, -0.15) is 4.98 Å². The number of nitrogens with zero attached hydrogens (tertiary/aromatic N) is 5. The van der Waals surface area contributed by atoms with Crippen molar-refractivity contribution in [3.8, 4) is 0 Å². The molecule has 2 aromatic rings. The monoisotopic (exact) mass is 265 g/mol. The van der Waals surface area contributed by atoms with Crippen molar-refractivity contribution >= 4 is 5.97 Å². The van der Waals surface area contributed by atoms with E-state index >= 15 is 0 Å². The lowest BCUT2D eigenvalue weighted by atomic mass is 10.2. The maximum Gasteiger partial charge on any atom is 0.358 e. The Kier molecular flexibility index (Phi) is 3.59. The van der Waals surface area contributed by atoms with Gasteiger partial charge in [-0.15, -0.1) is 5.10 Å². The zero-order valence-corrected chi connectivity index (χ0v) is 11.0. The molecule has 2 heterocycles. The first-order valence-corrected chi connectivity index (χ1v) is 6.01. The molecule has 8 heteroatoms. The van der Waals surface area contributed by atoms with Gasteiger partial charge in [0.1, 0.15) is 6.54 Å². The molecular weight excluding hydrogens is 250 g/mol. The number of rotatable bonds is 5. The normalized spacial score (nSPS) is 11.2. The van der Waals surface area contributed by atoms with Crippen LogP contribution in [-0.4, -0.2) is 36.2 Å². The summed E-state index contributed by atoms with van der Waals surface area (Å²) in [5, 5.41) is 20.3. The summed E-state index contributed by atoms with van der Waals surface area (Å²) < 4.78 is 6.58. The van der Waals surface area contributed by atoms with Gasteiger partial charge in [-0.3, -0.25) is 0 Å². The average molecular weight is 265 g/mol. The fourth-order valence-corrected chi connectivity index (χ4v) is 1.67. The molecule has 0 amide bonds. The van der Waals surface area contributed by atoms with Crippen LogP contribution in [0.3, 0.4) is 0 Å². The zero-order valence-electron chi connectivity index (χ0n) is 11.0. The van der Waals surface area contributed by atoms with E-state index in [2.05, 4.69) is 20.5 Å². The minimum atomic E-state index is -1.09. The summed E-state index contributed by atoms with van der Waals surface area (Å²) in [5.41, 5.74) is 0.503. The number of hydrogen-bond acceptors (Lipinski definition) is 6. The van der Waals surface area contributed by atoms with Gasteiger partial charge < -0.3 is 9.63 Å². The molecule has 0 fully saturated rings. The van der Waals surface area contributed by atoms with Crippen LogP contribution in [-0.2, 0) is 13.0 Å². The van der Waals surface area contributed by atoms with E-state index in [0.29, 0.717) is 23.8 Å². The summed E-state index contributed by atoms with van der Waals surface area (Å²) in [6, 6.07) is 0. The van der Waals surface area contributed by atoms with Gasteiger partial charge in [-0.05, 0) is 6.42 Å². The topological polar surface area (TPSA) is 107 Å². The summed E-state index contributed by atoms with van der Waals surface area (Å²) in [6.07, 6.45) is 0.514. The number of aromatic carboxylic acids is 1. The Bertz CT molecular complexity index is 587. The number of aromatic nitrogens is 5. The zero-order chi connectivity index (χ0) is 14.0. The molecule has 0 unspecified atom stereocenters. The molecule has 0 saturated heterocycles. The molecular formula is C11H15N5O3. The van der Waals surface area contributed by atoms with Crippen molar-refractivity contribution in [2.45, 2.75) is 39.7 Å². The van der Waals surface area contributed by atoms with Crippen molar-refractivity contribution in [1.82, 2.24) is 25.1 Å². The van der Waals surface area contributed by atoms with E-state index in [4.69, 9.17) is 9.63 Å². The second-order valence-electron chi connectivity index (χ2n) is 4.40. The third-order valence-corrected chi connectivity index (χ3v) is 2.66. The molecule has 0 saturated carbocycles. The lowest BCUT2D eigenvalue weighted by molar-refractivity contribution is 0.0689. The largest absolute Gasteiger partial charge is 0.476 e. The molecule has 0 bridgehead atoms. The van der Waals surface area contributed by atoms with E-state index in [1.54, 1.807) is 0 Å². The quantitative estimate of drug-likeness (QED) is 0.862. The van der Waals surface area contributed by atoms with Crippen molar-refractivity contribution in [2.24, 2.45) is 0 Å². The Morgan fingerprint density at radius 1 is 1.47 bits per heavy atom. The van der Waals surface area contributed by atoms with Crippen LogP contribution in [0.25, 0.3) is 0 Å². The second kappa shape index (κ2) is 5.17. The van der Waals surface area contributed by atoms with Gasteiger partial charge in [0.05, 0.1) is 5.69 Å². The fraction of sp³-hybridized carbons (Fsp3) is 0.545. The summed E-state index contributed by atoms with van der Waals surface area (Å²) in [6.45, 7) is 5.99. The molecule has 0 radical (unpaired) electrons. The summed E-state index contributed by atoms with van der Waals surface area (Å²) in [7, 11) is 0. The Morgan fingerprint density at radius 3 is 2.74 bits per heavy atom. The molecule has 102 valence electrons. The molecule has 2 aromatic heterocycles. The predicted octanol–water partition coefficient (Wildman–Crippen LogP) is 1.09. The molecule has 1 N–H and O–H groups in total. The first-order chi connectivity index (χ1) is 9.02. The van der Waals surface area contributed by atoms with Crippen LogP contribution in [0, 0.1) is 0 Å².